The average molecular weight is 341 g/mol. The Hall–Kier alpha value is -1.54. The Balaban J connectivity index is 1.58. The van der Waals surface area contributed by atoms with Gasteiger partial charge in [-0.15, -0.1) is 10.2 Å². The molecule has 0 spiro atoms. The topological polar surface area (TPSA) is 72.0 Å². The number of anilines is 1. The number of halogens is 1. The molecule has 0 bridgehead atoms. The Morgan fingerprint density at radius 3 is 2.73 bits per heavy atom. The van der Waals surface area contributed by atoms with Crippen LogP contribution in [0.2, 0.25) is 0 Å². The van der Waals surface area contributed by atoms with Crippen molar-refractivity contribution in [3.05, 3.63) is 40.7 Å². The van der Waals surface area contributed by atoms with Crippen LogP contribution in [0.3, 0.4) is 0 Å². The lowest BCUT2D eigenvalue weighted by atomic mass is 10.2. The largest absolute Gasteiger partial charge is 0.359 e. The van der Waals surface area contributed by atoms with Crippen molar-refractivity contribution in [1.29, 1.82) is 0 Å². The van der Waals surface area contributed by atoms with Gasteiger partial charge < -0.3 is 5.32 Å². The number of nitrogens with zero attached hydrogens (tertiary/aromatic N) is 2. The van der Waals surface area contributed by atoms with Crippen molar-refractivity contribution in [2.24, 2.45) is 0 Å². The molecule has 8 heteroatoms. The fourth-order valence-corrected chi connectivity index (χ4v) is 5.01. The molecule has 22 heavy (non-hydrogen) atoms. The van der Waals surface area contributed by atoms with Crippen LogP contribution in [0.1, 0.15) is 23.4 Å². The molecule has 1 atom stereocenters. The van der Waals surface area contributed by atoms with Gasteiger partial charge in [-0.05, 0) is 30.5 Å². The van der Waals surface area contributed by atoms with E-state index in [9.17, 15) is 12.8 Å². The van der Waals surface area contributed by atoms with E-state index < -0.39 is 9.84 Å². The summed E-state index contributed by atoms with van der Waals surface area (Å²) < 4.78 is 36.4. The monoisotopic (exact) mass is 341 g/mol. The number of benzene rings is 1. The first-order valence-corrected chi connectivity index (χ1v) is 9.58. The van der Waals surface area contributed by atoms with Crippen LogP contribution >= 0.6 is 11.3 Å². The van der Waals surface area contributed by atoms with Crippen LogP contribution in [-0.2, 0) is 16.3 Å². The predicted molar refractivity (Wildman–Crippen MR) is 84.4 cm³/mol. The minimum absolute atomic E-state index is 0.263. The second kappa shape index (κ2) is 6.29. The highest BCUT2D eigenvalue weighted by atomic mass is 32.2. The van der Waals surface area contributed by atoms with Crippen molar-refractivity contribution in [2.45, 2.75) is 24.5 Å². The molecule has 3 rings (SSSR count). The van der Waals surface area contributed by atoms with E-state index in [1.54, 1.807) is 12.1 Å². The number of rotatable bonds is 5. The molecular formula is C14H16FN3O2S2. The van der Waals surface area contributed by atoms with Gasteiger partial charge in [-0.25, -0.2) is 12.8 Å². The summed E-state index contributed by atoms with van der Waals surface area (Å²) in [6, 6.07) is 6.27. The lowest BCUT2D eigenvalue weighted by Crippen LogP contribution is -2.24. The fraction of sp³-hybridized carbons (Fsp3) is 0.429. The summed E-state index contributed by atoms with van der Waals surface area (Å²) in [5.41, 5.74) is 0.961. The summed E-state index contributed by atoms with van der Waals surface area (Å²) in [6.07, 6.45) is 2.03. The molecule has 1 aromatic carbocycles. The third-order valence-electron chi connectivity index (χ3n) is 3.68. The number of hydrogen-bond acceptors (Lipinski definition) is 6. The molecule has 0 unspecified atom stereocenters. The summed E-state index contributed by atoms with van der Waals surface area (Å²) in [7, 11) is -2.94. The second-order valence-corrected chi connectivity index (χ2v) is 8.78. The van der Waals surface area contributed by atoms with Crippen LogP contribution in [0, 0.1) is 5.82 Å². The van der Waals surface area contributed by atoms with Crippen LogP contribution in [0.4, 0.5) is 9.52 Å². The third-order valence-corrected chi connectivity index (χ3v) is 6.84. The molecule has 1 aliphatic heterocycles. The van der Waals surface area contributed by atoms with E-state index in [0.29, 0.717) is 24.5 Å². The van der Waals surface area contributed by atoms with Gasteiger partial charge in [0.1, 0.15) is 10.8 Å². The van der Waals surface area contributed by atoms with E-state index in [1.807, 2.05) is 0 Å². The lowest BCUT2D eigenvalue weighted by molar-refractivity contribution is 0.591. The van der Waals surface area contributed by atoms with Crippen molar-refractivity contribution < 1.29 is 12.8 Å². The smallest absolute Gasteiger partial charge is 0.205 e. The zero-order chi connectivity index (χ0) is 15.6. The quantitative estimate of drug-likeness (QED) is 0.903. The number of aromatic nitrogens is 2. The van der Waals surface area contributed by atoms with Gasteiger partial charge in [0.05, 0.1) is 11.0 Å². The van der Waals surface area contributed by atoms with Gasteiger partial charge in [0.15, 0.2) is 9.84 Å². The molecule has 0 radical (unpaired) electrons. The number of hydrogen-bond donors (Lipinski definition) is 1. The maximum atomic E-state index is 12.9. The van der Waals surface area contributed by atoms with Crippen LogP contribution in [0.25, 0.3) is 0 Å². The molecular weight excluding hydrogens is 325 g/mol. The highest BCUT2D eigenvalue weighted by molar-refractivity contribution is 7.92. The van der Waals surface area contributed by atoms with Crippen molar-refractivity contribution in [3.63, 3.8) is 0 Å². The highest BCUT2D eigenvalue weighted by Gasteiger charge is 2.31. The molecule has 0 saturated carbocycles. The van der Waals surface area contributed by atoms with Gasteiger partial charge in [0.25, 0.3) is 0 Å². The first kappa shape index (κ1) is 15.4. The summed E-state index contributed by atoms with van der Waals surface area (Å²) >= 11 is 1.39. The Morgan fingerprint density at radius 2 is 2.05 bits per heavy atom. The molecule has 1 aliphatic rings. The Morgan fingerprint density at radius 1 is 1.27 bits per heavy atom. The summed E-state index contributed by atoms with van der Waals surface area (Å²) in [6.45, 7) is 0.382. The van der Waals surface area contributed by atoms with E-state index in [1.165, 1.54) is 23.5 Å². The van der Waals surface area contributed by atoms with Crippen LogP contribution in [-0.4, -0.2) is 36.2 Å². The molecule has 0 amide bonds. The van der Waals surface area contributed by atoms with Crippen molar-refractivity contribution in [2.75, 3.05) is 17.6 Å². The Bertz CT molecular complexity index is 744. The standard InChI is InChI=1S/C14H16FN3O2S2/c15-11-5-3-10(4-6-11)8-13-17-18-14(21-13)16-9-12-2-1-7-22(12,19)20/h3-6,12H,1-2,7-9H2,(H,16,18)/t12-/m1/s1. The molecule has 2 aromatic rings. The van der Waals surface area contributed by atoms with Crippen LogP contribution < -0.4 is 5.32 Å². The fourth-order valence-electron chi connectivity index (χ4n) is 2.46. The van der Waals surface area contributed by atoms with Crippen LogP contribution in [0.15, 0.2) is 24.3 Å². The van der Waals surface area contributed by atoms with Crippen molar-refractivity contribution >= 4 is 26.3 Å². The van der Waals surface area contributed by atoms with E-state index >= 15 is 0 Å². The van der Waals surface area contributed by atoms with Crippen LogP contribution in [0.5, 0.6) is 0 Å². The summed E-state index contributed by atoms with van der Waals surface area (Å²) in [5, 5.41) is 12.3. The first-order valence-electron chi connectivity index (χ1n) is 7.05. The lowest BCUT2D eigenvalue weighted by Gasteiger charge is -2.08. The first-order chi connectivity index (χ1) is 10.5. The van der Waals surface area contributed by atoms with Crippen molar-refractivity contribution in [1.82, 2.24) is 10.2 Å². The Labute approximate surface area is 132 Å². The van der Waals surface area contributed by atoms with Gasteiger partial charge in [0, 0.05) is 13.0 Å². The van der Waals surface area contributed by atoms with Gasteiger partial charge in [-0.1, -0.05) is 23.5 Å². The maximum Gasteiger partial charge on any atom is 0.205 e. The summed E-state index contributed by atoms with van der Waals surface area (Å²) in [4.78, 5) is 0. The van der Waals surface area contributed by atoms with Gasteiger partial charge in [-0.3, -0.25) is 0 Å². The minimum Gasteiger partial charge on any atom is -0.359 e. The van der Waals surface area contributed by atoms with Gasteiger partial charge in [-0.2, -0.15) is 0 Å². The number of nitrogens with one attached hydrogen (secondary N) is 1. The molecule has 1 N–H and O–H groups in total. The van der Waals surface area contributed by atoms with E-state index in [2.05, 4.69) is 15.5 Å². The second-order valence-electron chi connectivity index (χ2n) is 5.32. The zero-order valence-corrected chi connectivity index (χ0v) is 13.5. The predicted octanol–water partition coefficient (Wildman–Crippen LogP) is 2.26. The molecule has 1 saturated heterocycles. The molecule has 1 aromatic heterocycles. The Kier molecular flexibility index (Phi) is 4.39. The SMILES string of the molecule is O=S1(=O)CCC[C@@H]1CNc1nnc(Cc2ccc(F)cc2)s1. The minimum atomic E-state index is -2.94. The molecule has 5 nitrogen and oxygen atoms in total. The highest BCUT2D eigenvalue weighted by Crippen LogP contribution is 2.22. The maximum absolute atomic E-state index is 12.9. The molecule has 1 fully saturated rings. The van der Waals surface area contributed by atoms with E-state index in [4.69, 9.17) is 0 Å². The number of sulfone groups is 1. The third kappa shape index (κ3) is 3.61. The normalized spacial score (nSPS) is 20.1. The molecule has 0 aliphatic carbocycles. The summed E-state index contributed by atoms with van der Waals surface area (Å²) in [5.74, 6) is 0.0202. The zero-order valence-electron chi connectivity index (χ0n) is 11.8. The molecule has 2 heterocycles. The van der Waals surface area contributed by atoms with Gasteiger partial charge >= 0.3 is 0 Å². The van der Waals surface area contributed by atoms with E-state index in [0.717, 1.165) is 17.0 Å². The average Bonchev–Trinajstić information content (AvgIpc) is 3.05. The molecule has 118 valence electrons. The van der Waals surface area contributed by atoms with Gasteiger partial charge in [0.2, 0.25) is 5.13 Å². The van der Waals surface area contributed by atoms with Crippen molar-refractivity contribution in [3.8, 4) is 0 Å². The van der Waals surface area contributed by atoms with E-state index in [-0.39, 0.29) is 16.8 Å².